The maximum atomic E-state index is 11.7. The van der Waals surface area contributed by atoms with Crippen molar-refractivity contribution in [3.8, 4) is 5.69 Å². The van der Waals surface area contributed by atoms with Crippen molar-refractivity contribution in [1.29, 1.82) is 0 Å². The van der Waals surface area contributed by atoms with Crippen molar-refractivity contribution in [2.45, 2.75) is 6.92 Å². The zero-order valence-corrected chi connectivity index (χ0v) is 11.4. The van der Waals surface area contributed by atoms with Gasteiger partial charge < -0.3 is 5.32 Å². The summed E-state index contributed by atoms with van der Waals surface area (Å²) >= 11 is 6.10. The summed E-state index contributed by atoms with van der Waals surface area (Å²) in [6, 6.07) is 3.44. The van der Waals surface area contributed by atoms with Gasteiger partial charge in [-0.3, -0.25) is 9.88 Å². The topological polar surface area (TPSA) is 63.1 Å². The number of halogens is 1. The molecule has 0 spiro atoms. The predicted molar refractivity (Wildman–Crippen MR) is 73.8 cm³/mol. The molecular weight excluding hydrogens is 266 g/mol. The average Bonchev–Trinajstić information content (AvgIpc) is 2.82. The Hall–Kier alpha value is -2.08. The Balaban J connectivity index is 2.38. The summed E-state index contributed by atoms with van der Waals surface area (Å²) in [5, 5.41) is 7.03. The van der Waals surface area contributed by atoms with Crippen LogP contribution < -0.4 is 10.2 Å². The van der Waals surface area contributed by atoms with E-state index in [0.717, 1.165) is 5.69 Å². The number of carbonyl (C=O) groups is 1. The first-order valence-electron chi connectivity index (χ1n) is 5.82. The van der Waals surface area contributed by atoms with Crippen molar-refractivity contribution >= 4 is 23.3 Å². The van der Waals surface area contributed by atoms with Gasteiger partial charge in [-0.15, -0.1) is 0 Å². The van der Waals surface area contributed by atoms with E-state index in [2.05, 4.69) is 15.4 Å². The van der Waals surface area contributed by atoms with Gasteiger partial charge in [0.15, 0.2) is 5.15 Å². The highest BCUT2D eigenvalue weighted by Gasteiger charge is 2.19. The number of hydrogen-bond donors (Lipinski definition) is 1. The standard InChI is InChI=1S/C12H14ClN5O/c1-3-17(12(19)14-2)10-8-18(16-11(10)13)9-5-4-6-15-7-9/h4-8H,3H2,1-2H3,(H,14,19). The molecule has 0 bridgehead atoms. The monoisotopic (exact) mass is 279 g/mol. The highest BCUT2D eigenvalue weighted by atomic mass is 35.5. The molecule has 0 unspecified atom stereocenters. The van der Waals surface area contributed by atoms with Gasteiger partial charge in [-0.05, 0) is 19.1 Å². The summed E-state index contributed by atoms with van der Waals surface area (Å²) in [6.45, 7) is 2.37. The number of urea groups is 1. The molecule has 0 atom stereocenters. The molecular formula is C12H14ClN5O. The zero-order valence-electron chi connectivity index (χ0n) is 10.7. The smallest absolute Gasteiger partial charge is 0.321 e. The molecule has 2 aromatic heterocycles. The van der Waals surface area contributed by atoms with E-state index in [1.54, 1.807) is 36.4 Å². The third kappa shape index (κ3) is 2.68. The molecule has 2 heterocycles. The van der Waals surface area contributed by atoms with E-state index >= 15 is 0 Å². The van der Waals surface area contributed by atoms with Crippen molar-refractivity contribution in [3.05, 3.63) is 35.9 Å². The first-order chi connectivity index (χ1) is 9.17. The van der Waals surface area contributed by atoms with Crippen LogP contribution in [0.1, 0.15) is 6.92 Å². The average molecular weight is 280 g/mol. The molecule has 0 aliphatic heterocycles. The van der Waals surface area contributed by atoms with E-state index in [1.807, 2.05) is 13.0 Å². The van der Waals surface area contributed by atoms with Gasteiger partial charge in [0.2, 0.25) is 0 Å². The van der Waals surface area contributed by atoms with Gasteiger partial charge in [-0.25, -0.2) is 9.48 Å². The largest absolute Gasteiger partial charge is 0.341 e. The fourth-order valence-corrected chi connectivity index (χ4v) is 1.94. The summed E-state index contributed by atoms with van der Waals surface area (Å²) in [5.41, 5.74) is 1.34. The molecule has 100 valence electrons. The van der Waals surface area contributed by atoms with Crippen LogP contribution in [0.4, 0.5) is 10.5 Å². The second kappa shape index (κ2) is 5.71. The Morgan fingerprint density at radius 3 is 2.95 bits per heavy atom. The van der Waals surface area contributed by atoms with Crippen LogP contribution in [0.3, 0.4) is 0 Å². The lowest BCUT2D eigenvalue weighted by molar-refractivity contribution is 0.248. The summed E-state index contributed by atoms with van der Waals surface area (Å²) in [6.07, 6.45) is 5.06. The van der Waals surface area contributed by atoms with E-state index in [0.29, 0.717) is 12.2 Å². The van der Waals surface area contributed by atoms with Gasteiger partial charge in [0.25, 0.3) is 0 Å². The third-order valence-corrected chi connectivity index (χ3v) is 2.90. The van der Waals surface area contributed by atoms with Gasteiger partial charge in [-0.2, -0.15) is 5.10 Å². The van der Waals surface area contributed by atoms with Crippen LogP contribution in [-0.2, 0) is 0 Å². The number of anilines is 1. The van der Waals surface area contributed by atoms with E-state index in [4.69, 9.17) is 11.6 Å². The number of nitrogens with zero attached hydrogens (tertiary/aromatic N) is 4. The van der Waals surface area contributed by atoms with Gasteiger partial charge in [-0.1, -0.05) is 11.6 Å². The minimum atomic E-state index is -0.227. The minimum Gasteiger partial charge on any atom is -0.341 e. The van der Waals surface area contributed by atoms with Crippen molar-refractivity contribution < 1.29 is 4.79 Å². The molecule has 2 rings (SSSR count). The fourth-order valence-electron chi connectivity index (χ4n) is 1.70. The van der Waals surface area contributed by atoms with Crippen LogP contribution in [0.25, 0.3) is 5.69 Å². The highest BCUT2D eigenvalue weighted by molar-refractivity contribution is 6.32. The van der Waals surface area contributed by atoms with Crippen molar-refractivity contribution in [1.82, 2.24) is 20.1 Å². The lowest BCUT2D eigenvalue weighted by Gasteiger charge is -2.18. The SMILES string of the molecule is CCN(C(=O)NC)c1cn(-c2cccnc2)nc1Cl. The Bertz CT molecular complexity index is 569. The van der Waals surface area contributed by atoms with Crippen LogP contribution >= 0.6 is 11.6 Å². The summed E-state index contributed by atoms with van der Waals surface area (Å²) in [5.74, 6) is 0. The van der Waals surface area contributed by atoms with Crippen LogP contribution in [0.2, 0.25) is 5.15 Å². The highest BCUT2D eigenvalue weighted by Crippen LogP contribution is 2.25. The second-order valence-electron chi connectivity index (χ2n) is 3.76. The number of pyridine rings is 1. The van der Waals surface area contributed by atoms with Gasteiger partial charge >= 0.3 is 6.03 Å². The molecule has 0 aliphatic carbocycles. The van der Waals surface area contributed by atoms with E-state index in [-0.39, 0.29) is 11.2 Å². The molecule has 1 N–H and O–H groups in total. The number of carbonyl (C=O) groups excluding carboxylic acids is 1. The molecule has 7 heteroatoms. The summed E-state index contributed by atoms with van der Waals surface area (Å²) in [4.78, 5) is 17.3. The molecule has 0 aromatic carbocycles. The van der Waals surface area contributed by atoms with Gasteiger partial charge in [0.05, 0.1) is 18.1 Å². The first kappa shape index (κ1) is 13.4. The quantitative estimate of drug-likeness (QED) is 0.936. The van der Waals surface area contributed by atoms with Crippen LogP contribution in [0.15, 0.2) is 30.7 Å². The van der Waals surface area contributed by atoms with Crippen LogP contribution in [0, 0.1) is 0 Å². The number of aromatic nitrogens is 3. The molecule has 19 heavy (non-hydrogen) atoms. The molecule has 6 nitrogen and oxygen atoms in total. The zero-order chi connectivity index (χ0) is 13.8. The number of nitrogens with one attached hydrogen (secondary N) is 1. The lowest BCUT2D eigenvalue weighted by atomic mass is 10.4. The Morgan fingerprint density at radius 2 is 2.37 bits per heavy atom. The predicted octanol–water partition coefficient (Wildman–Crippen LogP) is 2.09. The van der Waals surface area contributed by atoms with Gasteiger partial charge in [0, 0.05) is 19.8 Å². The normalized spacial score (nSPS) is 10.3. The number of amides is 2. The lowest BCUT2D eigenvalue weighted by Crippen LogP contribution is -2.37. The maximum Gasteiger partial charge on any atom is 0.321 e. The van der Waals surface area contributed by atoms with Crippen LogP contribution in [0.5, 0.6) is 0 Å². The van der Waals surface area contributed by atoms with Gasteiger partial charge in [0.1, 0.15) is 5.69 Å². The Labute approximate surface area is 116 Å². The van der Waals surface area contributed by atoms with E-state index in [9.17, 15) is 4.79 Å². The van der Waals surface area contributed by atoms with E-state index in [1.165, 1.54) is 4.90 Å². The molecule has 0 radical (unpaired) electrons. The minimum absolute atomic E-state index is 0.227. The number of rotatable bonds is 3. The molecule has 2 amide bonds. The molecule has 0 saturated carbocycles. The van der Waals surface area contributed by atoms with E-state index < -0.39 is 0 Å². The molecule has 0 fully saturated rings. The summed E-state index contributed by atoms with van der Waals surface area (Å²) in [7, 11) is 1.57. The third-order valence-electron chi connectivity index (χ3n) is 2.63. The Morgan fingerprint density at radius 1 is 1.58 bits per heavy atom. The second-order valence-corrected chi connectivity index (χ2v) is 4.12. The molecule has 0 saturated heterocycles. The Kier molecular flexibility index (Phi) is 4.01. The van der Waals surface area contributed by atoms with Crippen molar-refractivity contribution in [2.24, 2.45) is 0 Å². The van der Waals surface area contributed by atoms with Crippen LogP contribution in [-0.4, -0.2) is 34.4 Å². The molecule has 0 aliphatic rings. The molecule has 2 aromatic rings. The summed E-state index contributed by atoms with van der Waals surface area (Å²) < 4.78 is 1.59. The first-order valence-corrected chi connectivity index (χ1v) is 6.20. The van der Waals surface area contributed by atoms with Crippen molar-refractivity contribution in [3.63, 3.8) is 0 Å². The fraction of sp³-hybridized carbons (Fsp3) is 0.250. The number of hydrogen-bond acceptors (Lipinski definition) is 3. The maximum absolute atomic E-state index is 11.7. The van der Waals surface area contributed by atoms with Crippen molar-refractivity contribution in [2.75, 3.05) is 18.5 Å².